The lowest BCUT2D eigenvalue weighted by atomic mass is 9.91. The van der Waals surface area contributed by atoms with Crippen molar-refractivity contribution < 1.29 is 4.74 Å². The van der Waals surface area contributed by atoms with Gasteiger partial charge in [0.05, 0.1) is 12.7 Å². The molecular weight excluding hydrogens is 186 g/mol. The molecule has 2 heteroatoms. The molecule has 0 bridgehead atoms. The molecule has 1 aliphatic rings. The maximum Gasteiger partial charge on any atom is 0.0551 e. The van der Waals surface area contributed by atoms with Crippen LogP contribution in [-0.2, 0) is 4.74 Å². The molecule has 0 saturated carbocycles. The van der Waals surface area contributed by atoms with Gasteiger partial charge in [-0.25, -0.2) is 0 Å². The van der Waals surface area contributed by atoms with Crippen LogP contribution in [0.4, 0.5) is 0 Å². The maximum absolute atomic E-state index is 5.66. The van der Waals surface area contributed by atoms with E-state index in [1.165, 1.54) is 19.3 Å². The van der Waals surface area contributed by atoms with Gasteiger partial charge in [0.1, 0.15) is 0 Å². The highest BCUT2D eigenvalue weighted by Gasteiger charge is 2.28. The summed E-state index contributed by atoms with van der Waals surface area (Å²) in [4.78, 5) is 0. The molecule has 1 heterocycles. The van der Waals surface area contributed by atoms with E-state index in [1.54, 1.807) is 0 Å². The topological polar surface area (TPSA) is 21.3 Å². The fourth-order valence-corrected chi connectivity index (χ4v) is 2.41. The third kappa shape index (κ3) is 4.52. The summed E-state index contributed by atoms with van der Waals surface area (Å²) in [6, 6.07) is 0.669. The van der Waals surface area contributed by atoms with Gasteiger partial charge in [-0.15, -0.1) is 0 Å². The van der Waals surface area contributed by atoms with E-state index in [1.807, 2.05) is 0 Å². The fraction of sp³-hybridized carbons (Fsp3) is 1.00. The quantitative estimate of drug-likeness (QED) is 0.732. The van der Waals surface area contributed by atoms with E-state index in [0.29, 0.717) is 12.1 Å². The molecule has 1 saturated heterocycles. The number of ether oxygens (including phenoxy) is 1. The van der Waals surface area contributed by atoms with Crippen molar-refractivity contribution in [2.75, 3.05) is 13.2 Å². The average Bonchev–Trinajstić information content (AvgIpc) is 2.59. The Balaban J connectivity index is 2.35. The SMILES string of the molecule is CCNC(CCC(C)C)C1COC(C)C1. The summed E-state index contributed by atoms with van der Waals surface area (Å²) in [5, 5.41) is 3.62. The van der Waals surface area contributed by atoms with Crippen molar-refractivity contribution in [1.82, 2.24) is 5.32 Å². The molecule has 90 valence electrons. The van der Waals surface area contributed by atoms with Crippen molar-refractivity contribution in [1.29, 1.82) is 0 Å². The molecule has 15 heavy (non-hydrogen) atoms. The van der Waals surface area contributed by atoms with Gasteiger partial charge in [0, 0.05) is 12.0 Å². The third-order valence-electron chi connectivity index (χ3n) is 3.32. The van der Waals surface area contributed by atoms with Gasteiger partial charge in [0.15, 0.2) is 0 Å². The molecule has 0 radical (unpaired) electrons. The van der Waals surface area contributed by atoms with Gasteiger partial charge in [0.25, 0.3) is 0 Å². The van der Waals surface area contributed by atoms with Crippen LogP contribution in [0.5, 0.6) is 0 Å². The predicted molar refractivity (Wildman–Crippen MR) is 65.1 cm³/mol. The number of rotatable bonds is 6. The van der Waals surface area contributed by atoms with Gasteiger partial charge in [0.2, 0.25) is 0 Å². The van der Waals surface area contributed by atoms with Crippen molar-refractivity contribution in [3.8, 4) is 0 Å². The lowest BCUT2D eigenvalue weighted by Crippen LogP contribution is -2.36. The number of nitrogens with one attached hydrogen (secondary N) is 1. The zero-order valence-electron chi connectivity index (χ0n) is 10.8. The minimum absolute atomic E-state index is 0.468. The molecule has 0 spiro atoms. The Morgan fingerprint density at radius 3 is 2.53 bits per heavy atom. The van der Waals surface area contributed by atoms with Crippen LogP contribution in [0.3, 0.4) is 0 Å². The molecule has 3 atom stereocenters. The van der Waals surface area contributed by atoms with Crippen molar-refractivity contribution in [2.24, 2.45) is 11.8 Å². The molecule has 3 unspecified atom stereocenters. The Bertz CT molecular complexity index is 170. The van der Waals surface area contributed by atoms with Gasteiger partial charge >= 0.3 is 0 Å². The summed E-state index contributed by atoms with van der Waals surface area (Å²) in [5.74, 6) is 1.55. The van der Waals surface area contributed by atoms with Crippen LogP contribution in [0.1, 0.15) is 47.0 Å². The number of hydrogen-bond donors (Lipinski definition) is 1. The maximum atomic E-state index is 5.66. The van der Waals surface area contributed by atoms with E-state index in [9.17, 15) is 0 Å². The predicted octanol–water partition coefficient (Wildman–Crippen LogP) is 2.83. The van der Waals surface area contributed by atoms with E-state index in [2.05, 4.69) is 33.0 Å². The van der Waals surface area contributed by atoms with Crippen LogP contribution < -0.4 is 5.32 Å². The van der Waals surface area contributed by atoms with Crippen molar-refractivity contribution >= 4 is 0 Å². The molecule has 0 amide bonds. The Morgan fingerprint density at radius 1 is 1.33 bits per heavy atom. The Morgan fingerprint density at radius 2 is 2.07 bits per heavy atom. The van der Waals surface area contributed by atoms with Crippen LogP contribution in [0, 0.1) is 11.8 Å². The molecule has 0 aromatic rings. The van der Waals surface area contributed by atoms with Crippen LogP contribution >= 0.6 is 0 Å². The second-order valence-electron chi connectivity index (χ2n) is 5.28. The second kappa shape index (κ2) is 6.49. The lowest BCUT2D eigenvalue weighted by molar-refractivity contribution is 0.116. The van der Waals surface area contributed by atoms with Gasteiger partial charge < -0.3 is 10.1 Å². The van der Waals surface area contributed by atoms with Crippen molar-refractivity contribution in [3.05, 3.63) is 0 Å². The standard InChI is InChI=1S/C13H27NO/c1-5-14-13(7-6-10(2)3)12-8-11(4)15-9-12/h10-14H,5-9H2,1-4H3. The smallest absolute Gasteiger partial charge is 0.0551 e. The lowest BCUT2D eigenvalue weighted by Gasteiger charge is -2.24. The van der Waals surface area contributed by atoms with E-state index in [4.69, 9.17) is 4.74 Å². The third-order valence-corrected chi connectivity index (χ3v) is 3.32. The van der Waals surface area contributed by atoms with Crippen LogP contribution in [0.15, 0.2) is 0 Å². The summed E-state index contributed by atoms with van der Waals surface area (Å²) in [6.07, 6.45) is 4.32. The van der Waals surface area contributed by atoms with E-state index >= 15 is 0 Å². The molecule has 1 N–H and O–H groups in total. The van der Waals surface area contributed by atoms with E-state index in [0.717, 1.165) is 25.0 Å². The largest absolute Gasteiger partial charge is 0.378 e. The van der Waals surface area contributed by atoms with Crippen molar-refractivity contribution in [3.63, 3.8) is 0 Å². The Kier molecular flexibility index (Phi) is 5.62. The first kappa shape index (κ1) is 13.0. The van der Waals surface area contributed by atoms with Crippen LogP contribution in [-0.4, -0.2) is 25.3 Å². The molecule has 2 nitrogen and oxygen atoms in total. The molecule has 0 aromatic heterocycles. The van der Waals surface area contributed by atoms with Gasteiger partial charge in [-0.05, 0) is 38.6 Å². The second-order valence-corrected chi connectivity index (χ2v) is 5.28. The summed E-state index contributed by atoms with van der Waals surface area (Å²) in [6.45, 7) is 11.0. The molecule has 0 aliphatic carbocycles. The van der Waals surface area contributed by atoms with E-state index < -0.39 is 0 Å². The molecule has 0 aromatic carbocycles. The Labute approximate surface area is 94.8 Å². The monoisotopic (exact) mass is 213 g/mol. The van der Waals surface area contributed by atoms with Gasteiger partial charge in [-0.1, -0.05) is 20.8 Å². The normalized spacial score (nSPS) is 28.6. The highest BCUT2D eigenvalue weighted by molar-refractivity contribution is 4.82. The van der Waals surface area contributed by atoms with Gasteiger partial charge in [-0.2, -0.15) is 0 Å². The fourth-order valence-electron chi connectivity index (χ4n) is 2.41. The van der Waals surface area contributed by atoms with Crippen molar-refractivity contribution in [2.45, 2.75) is 59.1 Å². The highest BCUT2D eigenvalue weighted by Crippen LogP contribution is 2.25. The molecule has 1 aliphatic heterocycles. The van der Waals surface area contributed by atoms with Crippen LogP contribution in [0.2, 0.25) is 0 Å². The van der Waals surface area contributed by atoms with Crippen LogP contribution in [0.25, 0.3) is 0 Å². The molecule has 1 rings (SSSR count). The Hall–Kier alpha value is -0.0800. The molecular formula is C13H27NO. The zero-order chi connectivity index (χ0) is 11.3. The zero-order valence-corrected chi connectivity index (χ0v) is 10.8. The van der Waals surface area contributed by atoms with E-state index in [-0.39, 0.29) is 0 Å². The summed E-state index contributed by atoms with van der Waals surface area (Å²) >= 11 is 0. The minimum Gasteiger partial charge on any atom is -0.378 e. The average molecular weight is 213 g/mol. The summed E-state index contributed by atoms with van der Waals surface area (Å²) < 4.78 is 5.66. The first-order chi connectivity index (χ1) is 7.13. The first-order valence-electron chi connectivity index (χ1n) is 6.48. The minimum atomic E-state index is 0.468. The number of hydrogen-bond acceptors (Lipinski definition) is 2. The molecule has 1 fully saturated rings. The summed E-state index contributed by atoms with van der Waals surface area (Å²) in [7, 11) is 0. The summed E-state index contributed by atoms with van der Waals surface area (Å²) in [5.41, 5.74) is 0. The highest BCUT2D eigenvalue weighted by atomic mass is 16.5. The van der Waals surface area contributed by atoms with Gasteiger partial charge in [-0.3, -0.25) is 0 Å². The first-order valence-corrected chi connectivity index (χ1v) is 6.48.